The molecule has 2 N–H and O–H groups in total. The van der Waals surface area contributed by atoms with Crippen molar-refractivity contribution in [3.8, 4) is 5.75 Å². The quantitative estimate of drug-likeness (QED) is 0.754. The van der Waals surface area contributed by atoms with Crippen molar-refractivity contribution in [2.24, 2.45) is 0 Å². The highest BCUT2D eigenvalue weighted by Crippen LogP contribution is 2.19. The smallest absolute Gasteiger partial charge is 0.275 e. The number of thiazole rings is 1. The third-order valence-electron chi connectivity index (χ3n) is 2.61. The van der Waals surface area contributed by atoms with Crippen LogP contribution in [0.4, 0.5) is 5.69 Å². The number of rotatable bonds is 2. The van der Waals surface area contributed by atoms with Crippen molar-refractivity contribution in [2.75, 3.05) is 5.32 Å². The number of imidazole rings is 1. The van der Waals surface area contributed by atoms with E-state index in [-0.39, 0.29) is 11.7 Å². The monoisotopic (exact) mass is 273 g/mol. The summed E-state index contributed by atoms with van der Waals surface area (Å²) in [7, 11) is 0. The van der Waals surface area contributed by atoms with Crippen LogP contribution in [0.3, 0.4) is 0 Å². The van der Waals surface area contributed by atoms with Gasteiger partial charge in [0.2, 0.25) is 0 Å². The molecule has 1 amide bonds. The number of aryl methyl sites for hydroxylation is 1. The first-order valence-corrected chi connectivity index (χ1v) is 6.49. The molecular weight excluding hydrogens is 262 g/mol. The minimum absolute atomic E-state index is 0.110. The molecule has 5 nitrogen and oxygen atoms in total. The molecule has 19 heavy (non-hydrogen) atoms. The summed E-state index contributed by atoms with van der Waals surface area (Å²) >= 11 is 1.53. The molecule has 3 aromatic rings. The number of phenolic OH excluding ortho intramolecular Hbond substituents is 1. The number of carbonyl (C=O) groups is 1. The van der Waals surface area contributed by atoms with Gasteiger partial charge in [-0.05, 0) is 19.1 Å². The lowest BCUT2D eigenvalue weighted by Gasteiger charge is -2.02. The van der Waals surface area contributed by atoms with Crippen LogP contribution < -0.4 is 5.32 Å². The second-order valence-electron chi connectivity index (χ2n) is 4.16. The van der Waals surface area contributed by atoms with Gasteiger partial charge >= 0.3 is 0 Å². The molecular formula is C13H11N3O2S. The molecule has 0 bridgehead atoms. The van der Waals surface area contributed by atoms with Gasteiger partial charge in [-0.15, -0.1) is 11.3 Å². The van der Waals surface area contributed by atoms with Crippen LogP contribution in [-0.2, 0) is 0 Å². The van der Waals surface area contributed by atoms with E-state index in [1.807, 2.05) is 17.5 Å². The van der Waals surface area contributed by atoms with Crippen LogP contribution in [0.1, 0.15) is 15.4 Å². The summed E-state index contributed by atoms with van der Waals surface area (Å²) in [6.45, 7) is 1.99. The number of anilines is 1. The van der Waals surface area contributed by atoms with Gasteiger partial charge in [-0.1, -0.05) is 6.07 Å². The molecule has 2 heterocycles. The van der Waals surface area contributed by atoms with Crippen LogP contribution in [0.5, 0.6) is 5.75 Å². The van der Waals surface area contributed by atoms with Gasteiger partial charge in [-0.3, -0.25) is 9.20 Å². The van der Waals surface area contributed by atoms with Gasteiger partial charge in [0.05, 0.1) is 0 Å². The first kappa shape index (κ1) is 11.7. The minimum atomic E-state index is -0.292. The van der Waals surface area contributed by atoms with Crippen molar-refractivity contribution in [1.82, 2.24) is 9.38 Å². The van der Waals surface area contributed by atoms with Gasteiger partial charge in [-0.25, -0.2) is 4.98 Å². The normalized spacial score (nSPS) is 10.8. The highest BCUT2D eigenvalue weighted by molar-refractivity contribution is 7.17. The molecule has 3 rings (SSSR count). The Balaban J connectivity index is 1.85. The molecule has 0 spiro atoms. The maximum Gasteiger partial charge on any atom is 0.275 e. The van der Waals surface area contributed by atoms with Gasteiger partial charge in [0.1, 0.15) is 11.4 Å². The largest absolute Gasteiger partial charge is 0.508 e. The predicted molar refractivity (Wildman–Crippen MR) is 73.9 cm³/mol. The maximum absolute atomic E-state index is 12.0. The molecule has 2 aromatic heterocycles. The number of amides is 1. The lowest BCUT2D eigenvalue weighted by atomic mass is 10.3. The lowest BCUT2D eigenvalue weighted by Crippen LogP contribution is -2.12. The van der Waals surface area contributed by atoms with Crippen LogP contribution in [0, 0.1) is 6.92 Å². The van der Waals surface area contributed by atoms with Crippen molar-refractivity contribution in [3.63, 3.8) is 0 Å². The van der Waals surface area contributed by atoms with E-state index in [0.717, 1.165) is 9.84 Å². The van der Waals surface area contributed by atoms with Gasteiger partial charge in [-0.2, -0.15) is 0 Å². The molecule has 1 aromatic carbocycles. The molecule has 0 radical (unpaired) electrons. The number of hydrogen-bond donors (Lipinski definition) is 2. The fraction of sp³-hybridized carbons (Fsp3) is 0.0769. The molecule has 96 valence electrons. The summed E-state index contributed by atoms with van der Waals surface area (Å²) in [6.07, 6.45) is 3.62. The molecule has 0 aliphatic rings. The van der Waals surface area contributed by atoms with Gasteiger partial charge < -0.3 is 10.4 Å². The van der Waals surface area contributed by atoms with E-state index in [0.29, 0.717) is 11.4 Å². The molecule has 0 aliphatic heterocycles. The molecule has 0 saturated carbocycles. The summed E-state index contributed by atoms with van der Waals surface area (Å²) in [5.74, 6) is -0.182. The Labute approximate surface area is 113 Å². The number of carbonyl (C=O) groups excluding carboxylic acids is 1. The highest BCUT2D eigenvalue weighted by atomic mass is 32.1. The number of fused-ring (bicyclic) bond motifs is 1. The zero-order valence-electron chi connectivity index (χ0n) is 10.1. The number of aromatic nitrogens is 2. The summed E-state index contributed by atoms with van der Waals surface area (Å²) in [6, 6.07) is 6.41. The van der Waals surface area contributed by atoms with E-state index in [9.17, 15) is 9.90 Å². The first-order chi connectivity index (χ1) is 9.11. The fourth-order valence-electron chi connectivity index (χ4n) is 1.80. The summed E-state index contributed by atoms with van der Waals surface area (Å²) in [5, 5.41) is 12.0. The molecule has 0 saturated heterocycles. The van der Waals surface area contributed by atoms with Crippen molar-refractivity contribution in [2.45, 2.75) is 6.92 Å². The Morgan fingerprint density at radius 2 is 2.26 bits per heavy atom. The summed E-state index contributed by atoms with van der Waals surface area (Å²) in [4.78, 5) is 18.2. The van der Waals surface area contributed by atoms with Gasteiger partial charge in [0.25, 0.3) is 5.91 Å². The van der Waals surface area contributed by atoms with Crippen LogP contribution in [0.25, 0.3) is 4.96 Å². The Morgan fingerprint density at radius 1 is 1.42 bits per heavy atom. The zero-order valence-corrected chi connectivity index (χ0v) is 10.9. The summed E-state index contributed by atoms with van der Waals surface area (Å²) in [5.41, 5.74) is 0.895. The highest BCUT2D eigenvalue weighted by Gasteiger charge is 2.12. The molecule has 0 aliphatic carbocycles. The van der Waals surface area contributed by atoms with Gasteiger partial charge in [0.15, 0.2) is 4.96 Å². The number of hydrogen-bond acceptors (Lipinski definition) is 4. The maximum atomic E-state index is 12.0. The minimum Gasteiger partial charge on any atom is -0.508 e. The van der Waals surface area contributed by atoms with Gasteiger partial charge in [0, 0.05) is 29.0 Å². The second kappa shape index (κ2) is 4.40. The standard InChI is InChI=1S/C13H11N3O2S/c1-8-6-16-7-11(15-13(16)19-8)12(18)14-9-3-2-4-10(17)5-9/h2-7,17H,1H3,(H,14,18). The molecule has 0 atom stereocenters. The van der Waals surface area contributed by atoms with E-state index >= 15 is 0 Å². The van der Waals surface area contributed by atoms with Crippen LogP contribution >= 0.6 is 11.3 Å². The average molecular weight is 273 g/mol. The number of nitrogens with one attached hydrogen (secondary N) is 1. The predicted octanol–water partition coefficient (Wildman–Crippen LogP) is 2.66. The van der Waals surface area contributed by atoms with E-state index in [2.05, 4.69) is 10.3 Å². The summed E-state index contributed by atoms with van der Waals surface area (Å²) < 4.78 is 1.83. The third kappa shape index (κ3) is 2.30. The van der Waals surface area contributed by atoms with Crippen molar-refractivity contribution < 1.29 is 9.90 Å². The first-order valence-electron chi connectivity index (χ1n) is 5.67. The zero-order chi connectivity index (χ0) is 13.4. The molecule has 0 fully saturated rings. The van der Waals surface area contributed by atoms with Crippen LogP contribution in [0.15, 0.2) is 36.7 Å². The Hall–Kier alpha value is -2.34. The van der Waals surface area contributed by atoms with E-state index in [1.54, 1.807) is 24.4 Å². The van der Waals surface area contributed by atoms with E-state index < -0.39 is 0 Å². The fourth-order valence-corrected chi connectivity index (χ4v) is 2.61. The van der Waals surface area contributed by atoms with E-state index in [4.69, 9.17) is 0 Å². The van der Waals surface area contributed by atoms with Crippen LogP contribution in [-0.4, -0.2) is 20.4 Å². The number of aromatic hydroxyl groups is 1. The van der Waals surface area contributed by atoms with E-state index in [1.165, 1.54) is 17.4 Å². The van der Waals surface area contributed by atoms with Crippen molar-refractivity contribution in [3.05, 3.63) is 47.2 Å². The Kier molecular flexibility index (Phi) is 2.72. The Morgan fingerprint density at radius 3 is 3.00 bits per heavy atom. The second-order valence-corrected chi connectivity index (χ2v) is 5.38. The number of phenols is 1. The lowest BCUT2D eigenvalue weighted by molar-refractivity contribution is 0.102. The molecule has 0 unspecified atom stereocenters. The number of benzene rings is 1. The molecule has 6 heteroatoms. The topological polar surface area (TPSA) is 66.6 Å². The average Bonchev–Trinajstić information content (AvgIpc) is 2.86. The Bertz CT molecular complexity index is 729. The van der Waals surface area contributed by atoms with Crippen LogP contribution in [0.2, 0.25) is 0 Å². The SMILES string of the molecule is Cc1cn2cc(C(=O)Nc3cccc(O)c3)nc2s1. The van der Waals surface area contributed by atoms with Crippen molar-refractivity contribution in [1.29, 1.82) is 0 Å². The number of nitrogens with zero attached hydrogens (tertiary/aromatic N) is 2. The van der Waals surface area contributed by atoms with Crippen molar-refractivity contribution >= 4 is 27.9 Å². The third-order valence-corrected chi connectivity index (χ3v) is 3.52.